The zero-order chi connectivity index (χ0) is 15.2. The van der Waals surface area contributed by atoms with Gasteiger partial charge in [-0.2, -0.15) is 5.10 Å². The number of aromatic nitrogens is 2. The predicted octanol–water partition coefficient (Wildman–Crippen LogP) is 1.49. The molecule has 0 radical (unpaired) electrons. The van der Waals surface area contributed by atoms with Crippen molar-refractivity contribution in [3.8, 4) is 0 Å². The minimum atomic E-state index is -0.188. The summed E-state index contributed by atoms with van der Waals surface area (Å²) in [5.41, 5.74) is 2.18. The summed E-state index contributed by atoms with van der Waals surface area (Å²) in [6, 6.07) is 2.15. The summed E-state index contributed by atoms with van der Waals surface area (Å²) in [7, 11) is 0. The SMILES string of the molecule is Cc1cc(C)n(CCCNC(=O)NC2CCC(O)CC2)n1. The van der Waals surface area contributed by atoms with Crippen LogP contribution in [-0.4, -0.2) is 39.6 Å². The van der Waals surface area contributed by atoms with Crippen LogP contribution in [0.15, 0.2) is 6.07 Å². The van der Waals surface area contributed by atoms with Crippen molar-refractivity contribution < 1.29 is 9.90 Å². The fourth-order valence-corrected chi connectivity index (χ4v) is 2.79. The normalized spacial score (nSPS) is 22.0. The smallest absolute Gasteiger partial charge is 0.315 e. The molecule has 0 bridgehead atoms. The van der Waals surface area contributed by atoms with Crippen molar-refractivity contribution in [3.63, 3.8) is 0 Å². The first-order chi connectivity index (χ1) is 10.0. The van der Waals surface area contributed by atoms with Crippen molar-refractivity contribution in [3.05, 3.63) is 17.5 Å². The van der Waals surface area contributed by atoms with Gasteiger partial charge < -0.3 is 15.7 Å². The molecule has 1 aromatic heterocycles. The van der Waals surface area contributed by atoms with E-state index in [0.717, 1.165) is 50.0 Å². The Labute approximate surface area is 125 Å². The van der Waals surface area contributed by atoms with Crippen LogP contribution >= 0.6 is 0 Å². The standard InChI is InChI=1S/C15H26N4O2/c1-11-10-12(2)19(18-11)9-3-8-16-15(21)17-13-4-6-14(20)7-5-13/h10,13-14,20H,3-9H2,1-2H3,(H2,16,17,21). The number of nitrogens with zero attached hydrogens (tertiary/aromatic N) is 2. The lowest BCUT2D eigenvalue weighted by Crippen LogP contribution is -2.44. The molecule has 2 rings (SSSR count). The first-order valence-corrected chi connectivity index (χ1v) is 7.78. The van der Waals surface area contributed by atoms with E-state index in [1.807, 2.05) is 18.5 Å². The molecule has 1 aliphatic carbocycles. The van der Waals surface area contributed by atoms with E-state index < -0.39 is 0 Å². The predicted molar refractivity (Wildman–Crippen MR) is 81.1 cm³/mol. The molecule has 0 atom stereocenters. The molecular weight excluding hydrogens is 268 g/mol. The molecule has 0 aliphatic heterocycles. The second-order valence-corrected chi connectivity index (χ2v) is 5.91. The Morgan fingerprint density at radius 2 is 2.10 bits per heavy atom. The summed E-state index contributed by atoms with van der Waals surface area (Å²) < 4.78 is 1.97. The molecule has 1 fully saturated rings. The largest absolute Gasteiger partial charge is 0.393 e. The number of rotatable bonds is 5. The lowest BCUT2D eigenvalue weighted by molar-refractivity contribution is 0.117. The van der Waals surface area contributed by atoms with E-state index in [4.69, 9.17) is 0 Å². The minimum absolute atomic E-state index is 0.107. The Morgan fingerprint density at radius 1 is 1.38 bits per heavy atom. The highest BCUT2D eigenvalue weighted by atomic mass is 16.3. The lowest BCUT2D eigenvalue weighted by Gasteiger charge is -2.26. The maximum absolute atomic E-state index is 11.8. The number of carbonyl (C=O) groups is 1. The minimum Gasteiger partial charge on any atom is -0.393 e. The van der Waals surface area contributed by atoms with Crippen molar-refractivity contribution in [1.29, 1.82) is 0 Å². The average molecular weight is 294 g/mol. The molecule has 118 valence electrons. The van der Waals surface area contributed by atoms with E-state index in [1.54, 1.807) is 0 Å². The van der Waals surface area contributed by atoms with Crippen LogP contribution in [0.25, 0.3) is 0 Å². The molecule has 1 saturated carbocycles. The van der Waals surface area contributed by atoms with Crippen molar-refractivity contribution in [2.45, 2.75) is 64.6 Å². The van der Waals surface area contributed by atoms with Gasteiger partial charge in [-0.05, 0) is 52.0 Å². The molecule has 0 aromatic carbocycles. The summed E-state index contributed by atoms with van der Waals surface area (Å²) in [5.74, 6) is 0. The second-order valence-electron chi connectivity index (χ2n) is 5.91. The first-order valence-electron chi connectivity index (χ1n) is 7.78. The summed E-state index contributed by atoms with van der Waals surface area (Å²) in [4.78, 5) is 11.8. The van der Waals surface area contributed by atoms with Gasteiger partial charge in [-0.1, -0.05) is 0 Å². The topological polar surface area (TPSA) is 79.2 Å². The Kier molecular flexibility index (Phi) is 5.61. The molecule has 21 heavy (non-hydrogen) atoms. The number of nitrogens with one attached hydrogen (secondary N) is 2. The first kappa shape index (κ1) is 15.8. The van der Waals surface area contributed by atoms with Crippen molar-refractivity contribution >= 4 is 6.03 Å². The van der Waals surface area contributed by atoms with Crippen molar-refractivity contribution in [2.24, 2.45) is 0 Å². The van der Waals surface area contributed by atoms with Crippen LogP contribution in [0, 0.1) is 13.8 Å². The van der Waals surface area contributed by atoms with Gasteiger partial charge in [-0.25, -0.2) is 4.79 Å². The van der Waals surface area contributed by atoms with Gasteiger partial charge in [0.2, 0.25) is 0 Å². The lowest BCUT2D eigenvalue weighted by atomic mass is 9.93. The van der Waals surface area contributed by atoms with E-state index >= 15 is 0 Å². The van der Waals surface area contributed by atoms with Crippen molar-refractivity contribution in [2.75, 3.05) is 6.54 Å². The van der Waals surface area contributed by atoms with Gasteiger partial charge in [-0.3, -0.25) is 4.68 Å². The Bertz CT molecular complexity index is 464. The average Bonchev–Trinajstić information content (AvgIpc) is 2.76. The maximum Gasteiger partial charge on any atom is 0.315 e. The monoisotopic (exact) mass is 294 g/mol. The third kappa shape index (κ3) is 5.04. The fraction of sp³-hybridized carbons (Fsp3) is 0.733. The van der Waals surface area contributed by atoms with Gasteiger partial charge in [0.15, 0.2) is 0 Å². The van der Waals surface area contributed by atoms with E-state index in [0.29, 0.717) is 6.54 Å². The fourth-order valence-electron chi connectivity index (χ4n) is 2.79. The molecule has 0 spiro atoms. The van der Waals surface area contributed by atoms with Crippen LogP contribution in [0.5, 0.6) is 0 Å². The number of hydrogen-bond donors (Lipinski definition) is 3. The molecule has 2 amide bonds. The van der Waals surface area contributed by atoms with Gasteiger partial charge in [0.05, 0.1) is 11.8 Å². The molecule has 3 N–H and O–H groups in total. The molecule has 0 saturated heterocycles. The van der Waals surface area contributed by atoms with Gasteiger partial charge in [0, 0.05) is 24.8 Å². The summed E-state index contributed by atoms with van der Waals surface area (Å²) >= 11 is 0. The molecular formula is C15H26N4O2. The summed E-state index contributed by atoms with van der Waals surface area (Å²) in [6.45, 7) is 5.48. The van der Waals surface area contributed by atoms with E-state index in [1.165, 1.54) is 0 Å². The number of amides is 2. The van der Waals surface area contributed by atoms with E-state index in [-0.39, 0.29) is 18.2 Å². The van der Waals surface area contributed by atoms with Crippen LogP contribution in [0.2, 0.25) is 0 Å². The van der Waals surface area contributed by atoms with Gasteiger partial charge >= 0.3 is 6.03 Å². The van der Waals surface area contributed by atoms with Crippen LogP contribution in [-0.2, 0) is 6.54 Å². The van der Waals surface area contributed by atoms with Gasteiger partial charge in [0.25, 0.3) is 0 Å². The third-order valence-electron chi connectivity index (χ3n) is 3.97. The highest BCUT2D eigenvalue weighted by molar-refractivity contribution is 5.74. The van der Waals surface area contributed by atoms with Crippen LogP contribution in [0.1, 0.15) is 43.5 Å². The number of aryl methyl sites for hydroxylation is 3. The molecule has 6 heteroatoms. The Morgan fingerprint density at radius 3 is 2.71 bits per heavy atom. The van der Waals surface area contributed by atoms with Crippen LogP contribution in [0.3, 0.4) is 0 Å². The molecule has 1 heterocycles. The second kappa shape index (κ2) is 7.45. The molecule has 1 aromatic rings. The van der Waals surface area contributed by atoms with Crippen molar-refractivity contribution in [1.82, 2.24) is 20.4 Å². The quantitative estimate of drug-likeness (QED) is 0.720. The highest BCUT2D eigenvalue weighted by Gasteiger charge is 2.20. The van der Waals surface area contributed by atoms with E-state index in [9.17, 15) is 9.90 Å². The number of carbonyl (C=O) groups excluding carboxylic acids is 1. The van der Waals surface area contributed by atoms with Gasteiger partial charge in [0.1, 0.15) is 0 Å². The van der Waals surface area contributed by atoms with Crippen LogP contribution < -0.4 is 10.6 Å². The molecule has 0 unspecified atom stereocenters. The zero-order valence-electron chi connectivity index (χ0n) is 12.9. The zero-order valence-corrected chi connectivity index (χ0v) is 12.9. The highest BCUT2D eigenvalue weighted by Crippen LogP contribution is 2.17. The van der Waals surface area contributed by atoms with Gasteiger partial charge in [-0.15, -0.1) is 0 Å². The summed E-state index contributed by atoms with van der Waals surface area (Å²) in [5, 5.41) is 19.7. The number of hydrogen-bond acceptors (Lipinski definition) is 3. The maximum atomic E-state index is 11.8. The molecule has 1 aliphatic rings. The molecule has 6 nitrogen and oxygen atoms in total. The summed E-state index contributed by atoms with van der Waals surface area (Å²) in [6.07, 6.45) is 3.96. The van der Waals surface area contributed by atoms with Crippen LogP contribution in [0.4, 0.5) is 4.79 Å². The number of urea groups is 1. The Balaban J connectivity index is 1.60. The number of aliphatic hydroxyl groups excluding tert-OH is 1. The van der Waals surface area contributed by atoms with E-state index in [2.05, 4.69) is 21.8 Å². The Hall–Kier alpha value is -1.56. The number of aliphatic hydroxyl groups is 1. The third-order valence-corrected chi connectivity index (χ3v) is 3.97.